The highest BCUT2D eigenvalue weighted by Crippen LogP contribution is 2.25. The lowest BCUT2D eigenvalue weighted by Crippen LogP contribution is -1.96. The Morgan fingerprint density at radius 3 is 2.87 bits per heavy atom. The Hall–Kier alpha value is -2.44. The largest absolute Gasteiger partial charge is 0.332 e. The number of rotatable bonds is 3. The first kappa shape index (κ1) is 9.13. The van der Waals surface area contributed by atoms with Crippen LogP contribution < -0.4 is 5.32 Å². The average molecular weight is 205 g/mol. The third-order valence-corrected chi connectivity index (χ3v) is 1.78. The summed E-state index contributed by atoms with van der Waals surface area (Å²) in [5.41, 5.74) is 0.386. The molecule has 0 bridgehead atoms. The highest BCUT2D eigenvalue weighted by Gasteiger charge is 2.12. The van der Waals surface area contributed by atoms with E-state index >= 15 is 0 Å². The first-order valence-corrected chi connectivity index (χ1v) is 4.13. The minimum Gasteiger partial charge on any atom is -0.332 e. The number of hydrogen-bond acceptors (Lipinski definition) is 5. The molecule has 0 saturated carbocycles. The number of nitrogens with one attached hydrogen (secondary N) is 2. The van der Waals surface area contributed by atoms with Crippen molar-refractivity contribution < 1.29 is 4.92 Å². The lowest BCUT2D eigenvalue weighted by molar-refractivity contribution is -0.383. The Bertz CT molecular complexity index is 468. The molecule has 76 valence electrons. The molecule has 15 heavy (non-hydrogen) atoms. The van der Waals surface area contributed by atoms with E-state index in [-0.39, 0.29) is 5.69 Å². The molecule has 0 fully saturated rings. The van der Waals surface area contributed by atoms with Crippen LogP contribution in [0, 0.1) is 10.1 Å². The van der Waals surface area contributed by atoms with Crippen LogP contribution in [-0.4, -0.2) is 20.3 Å². The van der Waals surface area contributed by atoms with Crippen molar-refractivity contribution in [1.82, 2.24) is 15.4 Å². The van der Waals surface area contributed by atoms with Crippen LogP contribution in [0.3, 0.4) is 0 Å². The number of aromatic amines is 1. The average Bonchev–Trinajstić information content (AvgIpc) is 2.71. The second kappa shape index (κ2) is 3.74. The standard InChI is InChI=1S/C8H7N5O2/c14-13(15)7-4-2-1-3-6(7)10-8-5-9-12-11-8/h1-5H,(H2,9,10,11,12). The van der Waals surface area contributed by atoms with Crippen molar-refractivity contribution in [1.29, 1.82) is 0 Å². The van der Waals surface area contributed by atoms with Crippen molar-refractivity contribution in [2.45, 2.75) is 0 Å². The molecule has 0 saturated heterocycles. The van der Waals surface area contributed by atoms with E-state index in [4.69, 9.17) is 0 Å². The van der Waals surface area contributed by atoms with E-state index in [0.717, 1.165) is 0 Å². The highest BCUT2D eigenvalue weighted by atomic mass is 16.6. The molecule has 2 aromatic rings. The SMILES string of the molecule is O=[N+]([O-])c1ccccc1Nc1cn[nH]n1. The summed E-state index contributed by atoms with van der Waals surface area (Å²) in [6.07, 6.45) is 1.44. The monoisotopic (exact) mass is 205 g/mol. The molecule has 0 aliphatic rings. The molecule has 0 unspecified atom stereocenters. The predicted octanol–water partition coefficient (Wildman–Crippen LogP) is 1.46. The first-order valence-electron chi connectivity index (χ1n) is 4.13. The maximum absolute atomic E-state index is 10.7. The number of anilines is 2. The van der Waals surface area contributed by atoms with E-state index in [2.05, 4.69) is 20.7 Å². The van der Waals surface area contributed by atoms with Gasteiger partial charge in [0.15, 0.2) is 5.82 Å². The summed E-state index contributed by atoms with van der Waals surface area (Å²) >= 11 is 0. The molecule has 0 spiro atoms. The highest BCUT2D eigenvalue weighted by molar-refractivity contribution is 5.66. The molecular formula is C8H7N5O2. The Balaban J connectivity index is 2.32. The van der Waals surface area contributed by atoms with E-state index < -0.39 is 4.92 Å². The van der Waals surface area contributed by atoms with Crippen LogP contribution in [0.25, 0.3) is 0 Å². The van der Waals surface area contributed by atoms with Crippen LogP contribution in [0.15, 0.2) is 30.5 Å². The van der Waals surface area contributed by atoms with Crippen LogP contribution in [0.2, 0.25) is 0 Å². The van der Waals surface area contributed by atoms with Gasteiger partial charge in [-0.3, -0.25) is 10.1 Å². The molecule has 7 nitrogen and oxygen atoms in total. The Morgan fingerprint density at radius 2 is 2.20 bits per heavy atom. The van der Waals surface area contributed by atoms with Gasteiger partial charge in [0.05, 0.1) is 11.1 Å². The molecule has 0 atom stereocenters. The maximum Gasteiger partial charge on any atom is 0.292 e. The predicted molar refractivity (Wildman–Crippen MR) is 52.8 cm³/mol. The van der Waals surface area contributed by atoms with E-state index in [1.165, 1.54) is 12.3 Å². The molecule has 1 aromatic carbocycles. The van der Waals surface area contributed by atoms with Crippen LogP contribution in [0.1, 0.15) is 0 Å². The molecule has 7 heteroatoms. The number of benzene rings is 1. The summed E-state index contributed by atoms with van der Waals surface area (Å²) < 4.78 is 0. The van der Waals surface area contributed by atoms with Gasteiger partial charge in [-0.05, 0) is 6.07 Å². The molecule has 0 radical (unpaired) electrons. The maximum atomic E-state index is 10.7. The second-order valence-corrected chi connectivity index (χ2v) is 2.75. The van der Waals surface area contributed by atoms with E-state index in [9.17, 15) is 10.1 Å². The first-order chi connectivity index (χ1) is 7.27. The van der Waals surface area contributed by atoms with Gasteiger partial charge >= 0.3 is 0 Å². The Labute approximate surface area is 84.3 Å². The zero-order valence-electron chi connectivity index (χ0n) is 7.54. The number of nitro benzene ring substituents is 1. The van der Waals surface area contributed by atoms with Crippen molar-refractivity contribution in [2.24, 2.45) is 0 Å². The van der Waals surface area contributed by atoms with Crippen LogP contribution in [0.5, 0.6) is 0 Å². The lowest BCUT2D eigenvalue weighted by atomic mass is 10.2. The number of nitro groups is 1. The summed E-state index contributed by atoms with van der Waals surface area (Å²) in [5, 5.41) is 23.2. The molecule has 0 aliphatic carbocycles. The van der Waals surface area contributed by atoms with Gasteiger partial charge in [-0.1, -0.05) is 12.1 Å². The van der Waals surface area contributed by atoms with Gasteiger partial charge in [-0.15, -0.1) is 5.10 Å². The smallest absolute Gasteiger partial charge is 0.292 e. The van der Waals surface area contributed by atoms with Crippen molar-refractivity contribution in [3.63, 3.8) is 0 Å². The van der Waals surface area contributed by atoms with Crippen LogP contribution in [0.4, 0.5) is 17.2 Å². The zero-order chi connectivity index (χ0) is 10.7. The van der Waals surface area contributed by atoms with Crippen molar-refractivity contribution >= 4 is 17.2 Å². The fourth-order valence-electron chi connectivity index (χ4n) is 1.14. The van der Waals surface area contributed by atoms with Crippen LogP contribution >= 0.6 is 0 Å². The zero-order valence-corrected chi connectivity index (χ0v) is 7.54. The fraction of sp³-hybridized carbons (Fsp3) is 0. The fourth-order valence-corrected chi connectivity index (χ4v) is 1.14. The summed E-state index contributed by atoms with van der Waals surface area (Å²) in [6, 6.07) is 6.33. The van der Waals surface area contributed by atoms with Crippen molar-refractivity contribution in [2.75, 3.05) is 5.32 Å². The van der Waals surface area contributed by atoms with E-state index in [1.54, 1.807) is 18.2 Å². The third-order valence-electron chi connectivity index (χ3n) is 1.78. The number of nitrogens with zero attached hydrogens (tertiary/aromatic N) is 3. The summed E-state index contributed by atoms with van der Waals surface area (Å²) in [6.45, 7) is 0. The summed E-state index contributed by atoms with van der Waals surface area (Å²) in [7, 11) is 0. The molecule has 1 aromatic heterocycles. The number of hydrogen-bond donors (Lipinski definition) is 2. The van der Waals surface area contributed by atoms with Crippen molar-refractivity contribution in [3.8, 4) is 0 Å². The van der Waals surface area contributed by atoms with Gasteiger partial charge in [0.2, 0.25) is 0 Å². The Kier molecular flexibility index (Phi) is 2.28. The van der Waals surface area contributed by atoms with Gasteiger partial charge in [0.1, 0.15) is 5.69 Å². The van der Waals surface area contributed by atoms with Gasteiger partial charge in [-0.2, -0.15) is 10.3 Å². The molecule has 2 rings (SSSR count). The van der Waals surface area contributed by atoms with Crippen LogP contribution in [-0.2, 0) is 0 Å². The van der Waals surface area contributed by atoms with E-state index in [1.807, 2.05) is 0 Å². The molecule has 2 N–H and O–H groups in total. The second-order valence-electron chi connectivity index (χ2n) is 2.75. The molecule has 1 heterocycles. The minimum absolute atomic E-state index is 0.000463. The summed E-state index contributed by atoms with van der Waals surface area (Å²) in [4.78, 5) is 10.2. The Morgan fingerprint density at radius 1 is 1.40 bits per heavy atom. The third kappa shape index (κ3) is 1.90. The van der Waals surface area contributed by atoms with Gasteiger partial charge < -0.3 is 5.32 Å². The minimum atomic E-state index is -0.456. The summed E-state index contributed by atoms with van der Waals surface area (Å²) in [5.74, 6) is 0.435. The van der Waals surface area contributed by atoms with Gasteiger partial charge in [0, 0.05) is 6.07 Å². The number of para-hydroxylation sites is 2. The topological polar surface area (TPSA) is 96.7 Å². The normalized spacial score (nSPS) is 9.87. The van der Waals surface area contributed by atoms with E-state index in [0.29, 0.717) is 11.5 Å². The molecule has 0 aliphatic heterocycles. The van der Waals surface area contributed by atoms with Gasteiger partial charge in [-0.25, -0.2) is 0 Å². The quantitative estimate of drug-likeness (QED) is 0.584. The number of H-pyrrole nitrogens is 1. The lowest BCUT2D eigenvalue weighted by Gasteiger charge is -2.02. The van der Waals surface area contributed by atoms with Crippen molar-refractivity contribution in [3.05, 3.63) is 40.6 Å². The van der Waals surface area contributed by atoms with Gasteiger partial charge in [0.25, 0.3) is 5.69 Å². The number of aromatic nitrogens is 3. The molecule has 0 amide bonds. The molecular weight excluding hydrogens is 198 g/mol.